The molecule has 3 heterocycles. The van der Waals surface area contributed by atoms with E-state index < -0.39 is 0 Å². The van der Waals surface area contributed by atoms with Crippen molar-refractivity contribution < 1.29 is 14.3 Å². The summed E-state index contributed by atoms with van der Waals surface area (Å²) in [6.45, 7) is 4.53. The Morgan fingerprint density at radius 3 is 2.67 bits per heavy atom. The molecule has 0 aliphatic carbocycles. The van der Waals surface area contributed by atoms with Gasteiger partial charge in [0.15, 0.2) is 0 Å². The van der Waals surface area contributed by atoms with Crippen LogP contribution in [0, 0.1) is 0 Å². The Labute approximate surface area is 145 Å². The van der Waals surface area contributed by atoms with E-state index in [2.05, 4.69) is 10.2 Å². The third-order valence-electron chi connectivity index (χ3n) is 4.72. The molecule has 6 nitrogen and oxygen atoms in total. The molecule has 2 saturated heterocycles. The maximum Gasteiger partial charge on any atom is 0.253 e. The van der Waals surface area contributed by atoms with Gasteiger partial charge in [-0.15, -0.1) is 0 Å². The quantitative estimate of drug-likeness (QED) is 0.881. The van der Waals surface area contributed by atoms with Gasteiger partial charge >= 0.3 is 0 Å². The summed E-state index contributed by atoms with van der Waals surface area (Å²) < 4.78 is 5.36. The van der Waals surface area contributed by atoms with Crippen molar-refractivity contribution in [1.82, 2.24) is 9.80 Å². The van der Waals surface area contributed by atoms with Gasteiger partial charge in [0.1, 0.15) is 5.37 Å². The lowest BCUT2D eigenvalue weighted by molar-refractivity contribution is -0.119. The Morgan fingerprint density at radius 1 is 1.17 bits per heavy atom. The highest BCUT2D eigenvalue weighted by Crippen LogP contribution is 2.38. The van der Waals surface area contributed by atoms with Crippen LogP contribution in [0.3, 0.4) is 0 Å². The maximum atomic E-state index is 12.5. The molecule has 1 N–H and O–H groups in total. The molecule has 2 amide bonds. The Kier molecular flexibility index (Phi) is 4.47. The van der Waals surface area contributed by atoms with Crippen LogP contribution in [-0.4, -0.2) is 66.4 Å². The van der Waals surface area contributed by atoms with Crippen molar-refractivity contribution in [2.24, 2.45) is 0 Å². The van der Waals surface area contributed by atoms with E-state index in [1.54, 1.807) is 11.8 Å². The lowest BCUT2D eigenvalue weighted by Crippen LogP contribution is -2.48. The number of nitrogens with one attached hydrogen (secondary N) is 1. The van der Waals surface area contributed by atoms with E-state index in [1.807, 2.05) is 23.1 Å². The lowest BCUT2D eigenvalue weighted by Gasteiger charge is -2.35. The van der Waals surface area contributed by atoms with Crippen LogP contribution in [0.2, 0.25) is 0 Å². The van der Waals surface area contributed by atoms with E-state index in [-0.39, 0.29) is 17.2 Å². The molecule has 1 aromatic rings. The van der Waals surface area contributed by atoms with Gasteiger partial charge in [-0.1, -0.05) is 11.8 Å². The molecule has 1 unspecified atom stereocenters. The van der Waals surface area contributed by atoms with Crippen LogP contribution < -0.4 is 5.32 Å². The van der Waals surface area contributed by atoms with E-state index >= 15 is 0 Å². The third kappa shape index (κ3) is 3.03. The number of thioether (sulfide) groups is 1. The van der Waals surface area contributed by atoms with Crippen molar-refractivity contribution in [2.45, 2.75) is 23.1 Å². The number of likely N-dealkylation sites (tertiary alicyclic amines) is 1. The predicted molar refractivity (Wildman–Crippen MR) is 92.2 cm³/mol. The first-order valence-electron chi connectivity index (χ1n) is 8.45. The van der Waals surface area contributed by atoms with Crippen LogP contribution >= 0.6 is 11.8 Å². The second-order valence-corrected chi connectivity index (χ2v) is 7.44. The van der Waals surface area contributed by atoms with Crippen LogP contribution in [0.25, 0.3) is 0 Å². The zero-order valence-corrected chi connectivity index (χ0v) is 14.3. The molecule has 1 aromatic carbocycles. The Hall–Kier alpha value is -1.57. The number of carbonyl (C=O) groups excluding carboxylic acids is 2. The fraction of sp³-hybridized carbons (Fsp3) is 0.529. The molecular formula is C17H21N3O3S. The molecule has 0 aromatic heterocycles. The average Bonchev–Trinajstić information content (AvgIpc) is 3.15. The predicted octanol–water partition coefficient (Wildman–Crippen LogP) is 1.63. The minimum atomic E-state index is -0.221. The fourth-order valence-electron chi connectivity index (χ4n) is 3.39. The van der Waals surface area contributed by atoms with E-state index in [0.29, 0.717) is 18.8 Å². The minimum Gasteiger partial charge on any atom is -0.379 e. The molecule has 2 fully saturated rings. The van der Waals surface area contributed by atoms with Gasteiger partial charge in [0, 0.05) is 36.6 Å². The summed E-state index contributed by atoms with van der Waals surface area (Å²) in [7, 11) is 0. The summed E-state index contributed by atoms with van der Waals surface area (Å²) in [5, 5.41) is 2.76. The highest BCUT2D eigenvalue weighted by atomic mass is 32.2. The number of hydrogen-bond acceptors (Lipinski definition) is 5. The number of morpholine rings is 1. The first kappa shape index (κ1) is 15.9. The van der Waals surface area contributed by atoms with Crippen molar-refractivity contribution in [2.75, 3.05) is 44.7 Å². The van der Waals surface area contributed by atoms with E-state index in [4.69, 9.17) is 4.74 Å². The number of benzene rings is 1. The summed E-state index contributed by atoms with van der Waals surface area (Å²) in [6.07, 6.45) is 2.15. The number of amides is 2. The molecule has 7 heteroatoms. The number of carbonyl (C=O) groups is 2. The largest absolute Gasteiger partial charge is 0.379 e. The minimum absolute atomic E-state index is 0.0137. The van der Waals surface area contributed by atoms with Crippen LogP contribution in [0.15, 0.2) is 23.1 Å². The van der Waals surface area contributed by atoms with Crippen LogP contribution in [0.1, 0.15) is 23.2 Å². The number of fused-ring (bicyclic) bond motifs is 1. The smallest absolute Gasteiger partial charge is 0.253 e. The Bertz CT molecular complexity index is 654. The second kappa shape index (κ2) is 6.74. The van der Waals surface area contributed by atoms with Gasteiger partial charge in [-0.3, -0.25) is 14.5 Å². The van der Waals surface area contributed by atoms with E-state index in [0.717, 1.165) is 49.6 Å². The summed E-state index contributed by atoms with van der Waals surface area (Å²) in [4.78, 5) is 30.0. The lowest BCUT2D eigenvalue weighted by atomic mass is 10.1. The van der Waals surface area contributed by atoms with Crippen molar-refractivity contribution in [3.63, 3.8) is 0 Å². The molecule has 0 saturated carbocycles. The van der Waals surface area contributed by atoms with Crippen LogP contribution in [-0.2, 0) is 9.53 Å². The maximum absolute atomic E-state index is 12.5. The van der Waals surface area contributed by atoms with Gasteiger partial charge in [-0.25, -0.2) is 0 Å². The zero-order chi connectivity index (χ0) is 16.5. The number of nitrogens with zero attached hydrogens (tertiary/aromatic N) is 2. The van der Waals surface area contributed by atoms with Crippen molar-refractivity contribution in [3.8, 4) is 0 Å². The van der Waals surface area contributed by atoms with Gasteiger partial charge in [-0.2, -0.15) is 0 Å². The third-order valence-corrected chi connectivity index (χ3v) is 6.06. The van der Waals surface area contributed by atoms with E-state index in [1.165, 1.54) is 0 Å². The molecule has 0 bridgehead atoms. The number of rotatable bonds is 2. The van der Waals surface area contributed by atoms with Gasteiger partial charge in [-0.05, 0) is 31.0 Å². The molecule has 0 radical (unpaired) electrons. The topological polar surface area (TPSA) is 61.9 Å². The number of hydrogen-bond donors (Lipinski definition) is 1. The van der Waals surface area contributed by atoms with Gasteiger partial charge in [0.05, 0.1) is 18.9 Å². The number of ether oxygens (including phenoxy) is 1. The average molecular weight is 347 g/mol. The summed E-state index contributed by atoms with van der Waals surface area (Å²) >= 11 is 1.56. The molecule has 3 aliphatic rings. The Balaban J connectivity index is 1.52. The van der Waals surface area contributed by atoms with E-state index in [9.17, 15) is 9.59 Å². The molecule has 128 valence electrons. The van der Waals surface area contributed by atoms with Crippen molar-refractivity contribution >= 4 is 29.3 Å². The number of anilines is 1. The first-order valence-corrected chi connectivity index (χ1v) is 9.33. The summed E-state index contributed by atoms with van der Waals surface area (Å²) in [5.74, 6) is 0.0463. The standard InChI is InChI=1S/C17H21N3O3S/c21-15-17(20-7-9-23-10-8-20)24-14-4-3-12(11-13(14)18-15)16(22)19-5-1-2-6-19/h3-4,11,17H,1-2,5-10H2,(H,18,21). The SMILES string of the molecule is O=C1Nc2cc(C(=O)N3CCCC3)ccc2SC1N1CCOCC1. The highest BCUT2D eigenvalue weighted by molar-refractivity contribution is 8.00. The van der Waals surface area contributed by atoms with Gasteiger partial charge in [0.2, 0.25) is 0 Å². The molecule has 0 spiro atoms. The van der Waals surface area contributed by atoms with Crippen LogP contribution in [0.4, 0.5) is 5.69 Å². The van der Waals surface area contributed by atoms with Gasteiger partial charge < -0.3 is 15.0 Å². The summed E-state index contributed by atoms with van der Waals surface area (Å²) in [5.41, 5.74) is 1.40. The first-order chi connectivity index (χ1) is 11.7. The van der Waals surface area contributed by atoms with Crippen molar-refractivity contribution in [1.29, 1.82) is 0 Å². The molecule has 1 atom stereocenters. The fourth-order valence-corrected chi connectivity index (χ4v) is 4.54. The van der Waals surface area contributed by atoms with Gasteiger partial charge in [0.25, 0.3) is 11.8 Å². The molecular weight excluding hydrogens is 326 g/mol. The Morgan fingerprint density at radius 2 is 1.92 bits per heavy atom. The zero-order valence-electron chi connectivity index (χ0n) is 13.5. The second-order valence-electron chi connectivity index (χ2n) is 6.32. The normalized spacial score (nSPS) is 24.6. The summed E-state index contributed by atoms with van der Waals surface area (Å²) in [6, 6.07) is 5.65. The van der Waals surface area contributed by atoms with Crippen LogP contribution in [0.5, 0.6) is 0 Å². The molecule has 24 heavy (non-hydrogen) atoms. The molecule has 4 rings (SSSR count). The highest BCUT2D eigenvalue weighted by Gasteiger charge is 2.33. The monoisotopic (exact) mass is 347 g/mol. The van der Waals surface area contributed by atoms with Crippen molar-refractivity contribution in [3.05, 3.63) is 23.8 Å². The molecule has 3 aliphatic heterocycles.